The second kappa shape index (κ2) is 15.3. The van der Waals surface area contributed by atoms with E-state index in [0.717, 1.165) is 30.2 Å². The highest BCUT2D eigenvalue weighted by Crippen LogP contribution is 2.45. The molecule has 56 heavy (non-hydrogen) atoms. The lowest BCUT2D eigenvalue weighted by atomic mass is 9.99. The van der Waals surface area contributed by atoms with Gasteiger partial charge in [-0.25, -0.2) is 9.78 Å². The molecule has 0 bridgehead atoms. The summed E-state index contributed by atoms with van der Waals surface area (Å²) in [6, 6.07) is 0.0143. The molecule has 0 radical (unpaired) electrons. The fourth-order valence-corrected chi connectivity index (χ4v) is 9.16. The number of anilines is 1. The Hall–Kier alpha value is -5.31. The van der Waals surface area contributed by atoms with E-state index in [1.165, 1.54) is 42.1 Å². The van der Waals surface area contributed by atoms with Crippen LogP contribution in [0.3, 0.4) is 0 Å². The fraction of sp³-hybridized carbons (Fsp3) is 0.400. The Morgan fingerprint density at radius 3 is 2.55 bits per heavy atom. The highest BCUT2D eigenvalue weighted by atomic mass is 35.5. The maximum absolute atomic E-state index is 13.7. The SMILES string of the molecule is C=C(O)C(C)(C)O/N=C(\C(=O)N[C@@H]1C(=O)N2C(C(=O)O)=C(C[N+]3(CCNC(=O)c4c[nH]c5cc(O)c(O)c(Cl)c5c4=O)CCCC3)[C@H](C)S[C@H]12)c1csc(N)n1. The van der Waals surface area contributed by atoms with Crippen LogP contribution < -0.4 is 21.8 Å². The van der Waals surface area contributed by atoms with Crippen molar-refractivity contribution in [2.75, 3.05) is 38.5 Å². The van der Waals surface area contributed by atoms with Crippen molar-refractivity contribution in [1.82, 2.24) is 25.5 Å². The number of thioether (sulfide) groups is 1. The molecule has 6 rings (SSSR count). The van der Waals surface area contributed by atoms with Crippen LogP contribution in [0.25, 0.3) is 10.9 Å². The number of hydrogen-bond donors (Lipinski definition) is 8. The number of phenolic OH excluding ortho intramolecular Hbond substituents is 2. The second-order valence-electron chi connectivity index (χ2n) is 14.2. The highest BCUT2D eigenvalue weighted by Gasteiger charge is 2.57. The Labute approximate surface area is 332 Å². The Bertz CT molecular complexity index is 2280. The third kappa shape index (κ3) is 7.48. The summed E-state index contributed by atoms with van der Waals surface area (Å²) in [7, 11) is 0. The molecule has 3 atom stereocenters. The lowest BCUT2D eigenvalue weighted by molar-refractivity contribution is -0.911. The molecular weight excluding hydrogens is 792 g/mol. The van der Waals surface area contributed by atoms with Gasteiger partial charge in [0, 0.05) is 41.3 Å². The number of nitrogens with zero attached hydrogens (tertiary/aromatic N) is 4. The predicted octanol–water partition coefficient (Wildman–Crippen LogP) is 2.37. The van der Waals surface area contributed by atoms with Gasteiger partial charge < -0.3 is 51.1 Å². The number of carbonyl (C=O) groups excluding carboxylic acids is 3. The first-order valence-electron chi connectivity index (χ1n) is 17.4. The minimum Gasteiger partial charge on any atom is -0.509 e. The number of nitrogen functional groups attached to an aromatic ring is 1. The smallest absolute Gasteiger partial charge is 0.352 e. The highest BCUT2D eigenvalue weighted by molar-refractivity contribution is 8.00. The summed E-state index contributed by atoms with van der Waals surface area (Å²) in [5.74, 6) is -5.02. The van der Waals surface area contributed by atoms with Crippen molar-refractivity contribution in [2.45, 2.75) is 55.9 Å². The molecule has 2 aromatic heterocycles. The van der Waals surface area contributed by atoms with Gasteiger partial charge in [-0.15, -0.1) is 23.1 Å². The number of phenols is 2. The number of fused-ring (bicyclic) bond motifs is 2. The zero-order valence-corrected chi connectivity index (χ0v) is 32.8. The number of aromatic hydroxyl groups is 2. The molecular formula is C35H40ClN8O10S2+. The van der Waals surface area contributed by atoms with Crippen LogP contribution in [0.5, 0.6) is 11.5 Å². The minimum atomic E-state index is -1.37. The Morgan fingerprint density at radius 2 is 1.93 bits per heavy atom. The zero-order chi connectivity index (χ0) is 40.9. The van der Waals surface area contributed by atoms with E-state index in [-0.39, 0.29) is 62.8 Å². The third-order valence-electron chi connectivity index (χ3n) is 10.2. The number of amides is 3. The quantitative estimate of drug-likeness (QED) is 0.0307. The lowest BCUT2D eigenvalue weighted by Crippen LogP contribution is -2.71. The summed E-state index contributed by atoms with van der Waals surface area (Å²) in [4.78, 5) is 80.0. The number of carboxylic acids is 1. The van der Waals surface area contributed by atoms with E-state index >= 15 is 0 Å². The molecule has 1 aromatic carbocycles. The first-order valence-corrected chi connectivity index (χ1v) is 19.6. The number of nitrogens with one attached hydrogen (secondary N) is 3. The number of thiazole rings is 1. The van der Waals surface area contributed by atoms with Gasteiger partial charge in [0.15, 0.2) is 27.9 Å². The van der Waals surface area contributed by atoms with Crippen LogP contribution in [0.15, 0.2) is 51.2 Å². The lowest BCUT2D eigenvalue weighted by Gasteiger charge is -2.51. The first-order chi connectivity index (χ1) is 26.4. The average Bonchev–Trinajstić information content (AvgIpc) is 3.79. The van der Waals surface area contributed by atoms with Crippen molar-refractivity contribution < 1.29 is 48.9 Å². The van der Waals surface area contributed by atoms with E-state index in [2.05, 4.69) is 32.3 Å². The summed E-state index contributed by atoms with van der Waals surface area (Å²) in [5.41, 5.74) is 3.68. The van der Waals surface area contributed by atoms with E-state index in [1.807, 2.05) is 6.92 Å². The molecule has 2 fully saturated rings. The van der Waals surface area contributed by atoms with Crippen LogP contribution in [0.1, 0.15) is 49.7 Å². The molecule has 21 heteroatoms. The number of rotatable bonds is 13. The number of halogens is 1. The number of aromatic amines is 1. The number of hydrogen-bond acceptors (Lipinski definition) is 14. The molecule has 3 amide bonds. The second-order valence-corrected chi connectivity index (χ2v) is 16.9. The van der Waals surface area contributed by atoms with Crippen LogP contribution >= 0.6 is 34.7 Å². The number of carbonyl (C=O) groups is 4. The predicted molar refractivity (Wildman–Crippen MR) is 208 cm³/mol. The third-order valence-corrected chi connectivity index (χ3v) is 12.6. The number of aliphatic hydroxyl groups excluding tert-OH is 1. The number of H-pyrrole nitrogens is 1. The summed E-state index contributed by atoms with van der Waals surface area (Å²) < 4.78 is 0.421. The minimum absolute atomic E-state index is 0.0665. The van der Waals surface area contributed by atoms with Crippen LogP contribution in [0.4, 0.5) is 5.13 Å². The van der Waals surface area contributed by atoms with Crippen molar-refractivity contribution >= 4 is 80.1 Å². The van der Waals surface area contributed by atoms with Crippen LogP contribution in [-0.2, 0) is 19.2 Å². The number of benzene rings is 1. The topological polar surface area (TPSA) is 270 Å². The molecule has 0 spiro atoms. The maximum Gasteiger partial charge on any atom is 0.352 e. The number of carboxylic acid groups (broad SMARTS) is 1. The van der Waals surface area contributed by atoms with E-state index in [9.17, 15) is 44.4 Å². The molecule has 3 aliphatic heterocycles. The van der Waals surface area contributed by atoms with Gasteiger partial charge in [-0.3, -0.25) is 24.1 Å². The first kappa shape index (κ1) is 40.4. The molecule has 0 unspecified atom stereocenters. The number of pyridine rings is 1. The van der Waals surface area contributed by atoms with E-state index in [0.29, 0.717) is 29.7 Å². The summed E-state index contributed by atoms with van der Waals surface area (Å²) >= 11 is 8.49. The number of aromatic nitrogens is 2. The van der Waals surface area contributed by atoms with Gasteiger partial charge in [0.05, 0.1) is 42.1 Å². The molecule has 3 aliphatic rings. The number of nitrogens with two attached hydrogens (primary N) is 1. The van der Waals surface area contributed by atoms with Gasteiger partial charge >= 0.3 is 5.97 Å². The van der Waals surface area contributed by atoms with Gasteiger partial charge in [0.2, 0.25) is 5.43 Å². The normalized spacial score (nSPS) is 20.7. The van der Waals surface area contributed by atoms with E-state index in [1.54, 1.807) is 0 Å². The molecule has 3 aromatic rings. The number of likely N-dealkylation sites (tertiary alicyclic amines) is 1. The number of β-lactam (4-membered cyclic amide) rings is 1. The average molecular weight is 832 g/mol. The standard InChI is InChI=1S/C35H39ClN8O10S2/c1-15-18(13-44(8-5-6-9-44)10-7-38-29(49)17-12-39-19-11-21(46)28(48)23(36)22(19)27(17)47)26(33(52)53)43-31(51)25(32(43)56-15)41-30(50)24(20-14-55-34(37)40-20)42-54-35(3,4)16(2)45/h11-12,14-15,25,32H,2,5-10,13H2,1,3-4H3,(H8-,37,38,39,40,41,42,45,46,47,48,49,50,52,53)/p+1/t15-,25+,32+/m0/s1. The Balaban J connectivity index is 1.18. The molecule has 5 heterocycles. The van der Waals surface area contributed by atoms with E-state index in [4.69, 9.17) is 22.2 Å². The Morgan fingerprint density at radius 1 is 1.23 bits per heavy atom. The van der Waals surface area contributed by atoms with Crippen molar-refractivity contribution in [1.29, 1.82) is 0 Å². The zero-order valence-electron chi connectivity index (χ0n) is 30.4. The molecule has 2 saturated heterocycles. The molecule has 0 aliphatic carbocycles. The van der Waals surface area contributed by atoms with E-state index < -0.39 is 62.7 Å². The van der Waals surface area contributed by atoms with Gasteiger partial charge in [0.25, 0.3) is 17.7 Å². The maximum atomic E-state index is 13.7. The molecule has 298 valence electrons. The van der Waals surface area contributed by atoms with Crippen molar-refractivity contribution in [2.24, 2.45) is 5.16 Å². The van der Waals surface area contributed by atoms with Gasteiger partial charge in [-0.2, -0.15) is 0 Å². The monoisotopic (exact) mass is 831 g/mol. The largest absolute Gasteiger partial charge is 0.509 e. The van der Waals surface area contributed by atoms with Gasteiger partial charge in [0.1, 0.15) is 40.7 Å². The fourth-order valence-electron chi connectivity index (χ4n) is 6.89. The molecule has 9 N–H and O–H groups in total. The van der Waals surface area contributed by atoms with Crippen LogP contribution in [0.2, 0.25) is 5.02 Å². The summed E-state index contributed by atoms with van der Waals surface area (Å²) in [6.45, 7) is 10.4. The van der Waals surface area contributed by atoms with Crippen molar-refractivity contribution in [3.8, 4) is 11.5 Å². The number of oxime groups is 1. The Kier molecular flexibility index (Phi) is 11.0. The van der Waals surface area contributed by atoms with Crippen molar-refractivity contribution in [3.63, 3.8) is 0 Å². The summed E-state index contributed by atoms with van der Waals surface area (Å²) in [5, 5.41) is 49.5. The van der Waals surface area contributed by atoms with Crippen LogP contribution in [0, 0.1) is 0 Å². The van der Waals surface area contributed by atoms with Gasteiger partial charge in [-0.05, 0) is 20.8 Å². The van der Waals surface area contributed by atoms with Gasteiger partial charge in [-0.1, -0.05) is 23.3 Å². The number of aliphatic hydroxyl groups is 1. The number of aliphatic carboxylic acids is 1. The molecule has 0 saturated carbocycles. The molecule has 18 nitrogen and oxygen atoms in total. The van der Waals surface area contributed by atoms with Crippen molar-refractivity contribution in [3.05, 3.63) is 67.8 Å². The summed E-state index contributed by atoms with van der Waals surface area (Å²) in [6.07, 6.45) is 2.90. The van der Waals surface area contributed by atoms with Crippen LogP contribution in [-0.4, -0.2) is 124 Å². The number of quaternary nitrogens is 1.